The summed E-state index contributed by atoms with van der Waals surface area (Å²) in [5.74, 6) is -0.350. The normalized spacial score (nSPS) is 20.7. The van der Waals surface area contributed by atoms with Gasteiger partial charge >= 0.3 is 5.97 Å². The van der Waals surface area contributed by atoms with Crippen LogP contribution in [0.5, 0.6) is 0 Å². The average Bonchev–Trinajstić information content (AvgIpc) is 2.31. The fraction of sp³-hybridized carbons (Fsp3) is 0.571. The van der Waals surface area contributed by atoms with Crippen molar-refractivity contribution in [3.8, 4) is 0 Å². The van der Waals surface area contributed by atoms with E-state index in [0.717, 1.165) is 38.5 Å². The van der Waals surface area contributed by atoms with E-state index in [-0.39, 0.29) is 5.97 Å². The van der Waals surface area contributed by atoms with Gasteiger partial charge in [0.1, 0.15) is 5.69 Å². The molecule has 0 saturated carbocycles. The van der Waals surface area contributed by atoms with E-state index in [9.17, 15) is 4.79 Å². The summed E-state index contributed by atoms with van der Waals surface area (Å²) in [7, 11) is 0. The fourth-order valence-electron chi connectivity index (χ4n) is 2.70. The molecule has 5 nitrogen and oxygen atoms in total. The fourth-order valence-corrected chi connectivity index (χ4v) is 2.70. The van der Waals surface area contributed by atoms with Crippen molar-refractivity contribution in [2.45, 2.75) is 13.5 Å². The minimum absolute atomic E-state index is 0.350. The van der Waals surface area contributed by atoms with Crippen molar-refractivity contribution in [3.63, 3.8) is 0 Å². The van der Waals surface area contributed by atoms with Gasteiger partial charge < -0.3 is 9.47 Å². The number of carbonyl (C=O) groups is 1. The maximum absolute atomic E-state index is 11.6. The molecule has 0 unspecified atom stereocenters. The number of pyridine rings is 1. The number of aromatic nitrogens is 1. The van der Waals surface area contributed by atoms with Crippen molar-refractivity contribution in [2.24, 2.45) is 5.41 Å². The number of ether oxygens (including phenoxy) is 2. The molecule has 0 atom stereocenters. The second-order valence-electron chi connectivity index (χ2n) is 5.37. The van der Waals surface area contributed by atoms with Crippen LogP contribution in [-0.2, 0) is 16.0 Å². The molecule has 1 aromatic heterocycles. The molecule has 0 radical (unpaired) electrons. The molecule has 3 rings (SSSR count). The van der Waals surface area contributed by atoms with Gasteiger partial charge in [-0.15, -0.1) is 0 Å². The zero-order chi connectivity index (χ0) is 13.3. The van der Waals surface area contributed by atoms with Crippen LogP contribution in [0.1, 0.15) is 23.1 Å². The Balaban J connectivity index is 1.59. The maximum atomic E-state index is 11.6. The number of hydrogen-bond acceptors (Lipinski definition) is 5. The highest BCUT2D eigenvalue weighted by molar-refractivity contribution is 5.87. The Hall–Kier alpha value is -1.46. The third-order valence-corrected chi connectivity index (χ3v) is 3.61. The zero-order valence-corrected chi connectivity index (χ0v) is 11.1. The Morgan fingerprint density at radius 2 is 2.26 bits per heavy atom. The molecule has 0 amide bonds. The van der Waals surface area contributed by atoms with E-state index in [0.29, 0.717) is 17.7 Å². The van der Waals surface area contributed by atoms with Gasteiger partial charge in [0.25, 0.3) is 0 Å². The van der Waals surface area contributed by atoms with Crippen LogP contribution in [0.15, 0.2) is 18.2 Å². The highest BCUT2D eigenvalue weighted by Crippen LogP contribution is 2.37. The first-order valence-corrected chi connectivity index (χ1v) is 6.64. The Bertz CT molecular complexity index is 477. The van der Waals surface area contributed by atoms with Crippen molar-refractivity contribution >= 4 is 5.97 Å². The van der Waals surface area contributed by atoms with Crippen LogP contribution in [0, 0.1) is 5.41 Å². The monoisotopic (exact) mass is 262 g/mol. The summed E-state index contributed by atoms with van der Waals surface area (Å²) >= 11 is 0. The molecule has 102 valence electrons. The first-order valence-electron chi connectivity index (χ1n) is 6.64. The Morgan fingerprint density at radius 3 is 2.89 bits per heavy atom. The lowest BCUT2D eigenvalue weighted by atomic mass is 9.78. The molecule has 1 spiro atoms. The molecule has 0 N–H and O–H groups in total. The number of likely N-dealkylation sites (tertiary alicyclic amines) is 1. The molecule has 2 fully saturated rings. The summed E-state index contributed by atoms with van der Waals surface area (Å²) in [6, 6.07) is 5.50. The van der Waals surface area contributed by atoms with E-state index in [1.807, 2.05) is 12.1 Å². The lowest BCUT2D eigenvalue weighted by molar-refractivity contribution is -0.191. The van der Waals surface area contributed by atoms with Gasteiger partial charge in [-0.3, -0.25) is 4.90 Å². The number of esters is 1. The highest BCUT2D eigenvalue weighted by atomic mass is 16.5. The van der Waals surface area contributed by atoms with Crippen molar-refractivity contribution in [2.75, 3.05) is 32.9 Å². The van der Waals surface area contributed by atoms with Crippen LogP contribution in [0.25, 0.3) is 0 Å². The van der Waals surface area contributed by atoms with Crippen molar-refractivity contribution in [1.82, 2.24) is 9.88 Å². The van der Waals surface area contributed by atoms with Gasteiger partial charge in [0, 0.05) is 25.0 Å². The number of hydrogen-bond donors (Lipinski definition) is 0. The highest BCUT2D eigenvalue weighted by Gasteiger charge is 2.48. The lowest BCUT2D eigenvalue weighted by Crippen LogP contribution is -2.65. The largest absolute Gasteiger partial charge is 0.461 e. The van der Waals surface area contributed by atoms with E-state index in [4.69, 9.17) is 9.47 Å². The molecule has 2 aliphatic heterocycles. The molecule has 0 aromatic carbocycles. The molecule has 0 bridgehead atoms. The van der Waals surface area contributed by atoms with Crippen LogP contribution in [-0.4, -0.2) is 48.8 Å². The van der Waals surface area contributed by atoms with Gasteiger partial charge in [-0.25, -0.2) is 9.78 Å². The Kier molecular flexibility index (Phi) is 3.24. The molecule has 3 heterocycles. The molecular weight excluding hydrogens is 244 g/mol. The summed E-state index contributed by atoms with van der Waals surface area (Å²) in [5.41, 5.74) is 1.72. The summed E-state index contributed by atoms with van der Waals surface area (Å²) < 4.78 is 10.2. The third-order valence-electron chi connectivity index (χ3n) is 3.61. The van der Waals surface area contributed by atoms with E-state index in [2.05, 4.69) is 9.88 Å². The molecule has 1 aromatic rings. The standard InChI is InChI=1S/C14H18N2O3/c1-2-19-13(17)12-5-3-4-11(15-12)6-16-7-14(8-16)9-18-10-14/h3-5H,2,6-10H2,1H3. The zero-order valence-electron chi connectivity index (χ0n) is 11.1. The molecule has 19 heavy (non-hydrogen) atoms. The Labute approximate surface area is 112 Å². The maximum Gasteiger partial charge on any atom is 0.356 e. The third kappa shape index (κ3) is 2.48. The summed E-state index contributed by atoms with van der Waals surface area (Å²) in [5, 5.41) is 0. The first kappa shape index (κ1) is 12.6. The molecule has 0 aliphatic carbocycles. The van der Waals surface area contributed by atoms with Gasteiger partial charge in [0.2, 0.25) is 0 Å². The molecule has 2 saturated heterocycles. The van der Waals surface area contributed by atoms with Gasteiger partial charge in [0.05, 0.1) is 25.5 Å². The molecular formula is C14H18N2O3. The van der Waals surface area contributed by atoms with Gasteiger partial charge in [-0.2, -0.15) is 0 Å². The quantitative estimate of drug-likeness (QED) is 0.760. The van der Waals surface area contributed by atoms with Crippen LogP contribution in [0.4, 0.5) is 0 Å². The van der Waals surface area contributed by atoms with Crippen molar-refractivity contribution in [3.05, 3.63) is 29.6 Å². The van der Waals surface area contributed by atoms with Crippen molar-refractivity contribution in [1.29, 1.82) is 0 Å². The summed E-state index contributed by atoms with van der Waals surface area (Å²) in [4.78, 5) is 18.3. The summed E-state index contributed by atoms with van der Waals surface area (Å²) in [6.07, 6.45) is 0. The van der Waals surface area contributed by atoms with E-state index in [1.165, 1.54) is 0 Å². The SMILES string of the molecule is CCOC(=O)c1cccc(CN2CC3(COC3)C2)n1. The van der Waals surface area contributed by atoms with Crippen LogP contribution < -0.4 is 0 Å². The van der Waals surface area contributed by atoms with Crippen LogP contribution in [0.3, 0.4) is 0 Å². The smallest absolute Gasteiger partial charge is 0.356 e. The van der Waals surface area contributed by atoms with Crippen LogP contribution in [0.2, 0.25) is 0 Å². The van der Waals surface area contributed by atoms with Crippen LogP contribution >= 0.6 is 0 Å². The van der Waals surface area contributed by atoms with E-state index >= 15 is 0 Å². The minimum Gasteiger partial charge on any atom is -0.461 e. The second kappa shape index (κ2) is 4.90. The molecule has 5 heteroatoms. The second-order valence-corrected chi connectivity index (χ2v) is 5.37. The first-order chi connectivity index (χ1) is 9.21. The van der Waals surface area contributed by atoms with E-state index in [1.54, 1.807) is 13.0 Å². The molecule has 2 aliphatic rings. The average molecular weight is 262 g/mol. The lowest BCUT2D eigenvalue weighted by Gasteiger charge is -2.55. The number of nitrogens with zero attached hydrogens (tertiary/aromatic N) is 2. The minimum atomic E-state index is -0.350. The van der Waals surface area contributed by atoms with Crippen molar-refractivity contribution < 1.29 is 14.3 Å². The van der Waals surface area contributed by atoms with Gasteiger partial charge in [-0.1, -0.05) is 6.07 Å². The summed E-state index contributed by atoms with van der Waals surface area (Å²) in [6.45, 7) is 6.87. The van der Waals surface area contributed by atoms with E-state index < -0.39 is 0 Å². The predicted molar refractivity (Wildman–Crippen MR) is 68.7 cm³/mol. The van der Waals surface area contributed by atoms with Gasteiger partial charge in [0.15, 0.2) is 0 Å². The topological polar surface area (TPSA) is 51.7 Å². The Morgan fingerprint density at radius 1 is 1.47 bits per heavy atom. The number of carbonyl (C=O) groups excluding carboxylic acids is 1. The predicted octanol–water partition coefficient (Wildman–Crippen LogP) is 1.09. The number of rotatable bonds is 4. The van der Waals surface area contributed by atoms with Gasteiger partial charge in [-0.05, 0) is 19.1 Å².